The van der Waals surface area contributed by atoms with Crippen LogP contribution in [0.5, 0.6) is 0 Å². The molecule has 2 aromatic carbocycles. The Hall–Kier alpha value is -4.18. The van der Waals surface area contributed by atoms with E-state index in [-0.39, 0.29) is 31.0 Å². The number of hydrogen-bond acceptors (Lipinski definition) is 6. The molecule has 1 aliphatic heterocycles. The number of amides is 5. The molecule has 1 saturated heterocycles. The number of carbonyl (C=O) groups excluding carboxylic acids is 5. The number of hydrogen-bond donors (Lipinski definition) is 4. The molecule has 1 atom stereocenters. The van der Waals surface area contributed by atoms with Crippen LogP contribution in [0.3, 0.4) is 0 Å². The molecule has 2 aromatic rings. The Morgan fingerprint density at radius 3 is 2.54 bits per heavy atom. The molecule has 11 heteroatoms. The number of carbonyl (C=O) groups is 5. The van der Waals surface area contributed by atoms with Crippen molar-refractivity contribution in [1.29, 1.82) is 0 Å². The molecular formula is C26H28ClN5O5. The standard InChI is InChI=1S/C26H28ClN5O5/c1-15-8-17(13-28-26(37)30-18-5-4-16(2)21(27)11-18)10-19(9-15)29-20(14-33)12-24(35)32(3)22-6-7-23(34)31-25(22)36/h4-5,8-12,14,22,29H,6-7,13H2,1-3H3,(H2,28,30,37)(H,31,34,36)/b20-12+. The maximum Gasteiger partial charge on any atom is 0.319 e. The fourth-order valence-corrected chi connectivity index (χ4v) is 3.95. The summed E-state index contributed by atoms with van der Waals surface area (Å²) in [5, 5.41) is 11.1. The van der Waals surface area contributed by atoms with E-state index in [1.54, 1.807) is 24.3 Å². The second-order valence-electron chi connectivity index (χ2n) is 8.74. The molecule has 1 aliphatic rings. The summed E-state index contributed by atoms with van der Waals surface area (Å²) in [6.07, 6.45) is 1.94. The monoisotopic (exact) mass is 525 g/mol. The number of allylic oxidation sites excluding steroid dienone is 1. The first-order valence-electron chi connectivity index (χ1n) is 11.5. The van der Waals surface area contributed by atoms with Crippen molar-refractivity contribution in [3.05, 3.63) is 69.9 Å². The van der Waals surface area contributed by atoms with Crippen LogP contribution in [0.1, 0.15) is 29.5 Å². The normalized spacial score (nSPS) is 15.5. The summed E-state index contributed by atoms with van der Waals surface area (Å²) in [6.45, 7) is 3.93. The minimum atomic E-state index is -0.798. The average molecular weight is 526 g/mol. The predicted molar refractivity (Wildman–Crippen MR) is 140 cm³/mol. The first kappa shape index (κ1) is 27.4. The number of likely N-dealkylation sites (N-methyl/N-ethyl adjacent to an activating group) is 1. The van der Waals surface area contributed by atoms with Crippen molar-refractivity contribution in [1.82, 2.24) is 15.5 Å². The minimum absolute atomic E-state index is 0.0114. The van der Waals surface area contributed by atoms with Gasteiger partial charge in [0.05, 0.1) is 5.70 Å². The van der Waals surface area contributed by atoms with E-state index in [1.807, 2.05) is 26.0 Å². The molecule has 3 rings (SSSR count). The van der Waals surface area contributed by atoms with Crippen LogP contribution >= 0.6 is 11.6 Å². The lowest BCUT2D eigenvalue weighted by Crippen LogP contribution is -2.52. The highest BCUT2D eigenvalue weighted by atomic mass is 35.5. The number of piperidine rings is 1. The van der Waals surface area contributed by atoms with Gasteiger partial charge in [0.2, 0.25) is 17.7 Å². The first-order valence-corrected chi connectivity index (χ1v) is 11.9. The minimum Gasteiger partial charge on any atom is -0.353 e. The molecule has 4 N–H and O–H groups in total. The van der Waals surface area contributed by atoms with Crippen LogP contribution in [0.15, 0.2) is 48.2 Å². The molecule has 1 heterocycles. The highest BCUT2D eigenvalue weighted by Gasteiger charge is 2.31. The first-order chi connectivity index (χ1) is 17.5. The lowest BCUT2D eigenvalue weighted by Gasteiger charge is -2.29. The number of nitrogens with zero attached hydrogens (tertiary/aromatic N) is 1. The summed E-state index contributed by atoms with van der Waals surface area (Å²) in [6, 6.07) is 9.41. The quantitative estimate of drug-likeness (QED) is 0.237. The van der Waals surface area contributed by atoms with E-state index >= 15 is 0 Å². The van der Waals surface area contributed by atoms with Gasteiger partial charge in [-0.1, -0.05) is 23.7 Å². The van der Waals surface area contributed by atoms with E-state index in [4.69, 9.17) is 11.6 Å². The second-order valence-corrected chi connectivity index (χ2v) is 9.14. The summed E-state index contributed by atoms with van der Waals surface area (Å²) < 4.78 is 0. The smallest absolute Gasteiger partial charge is 0.319 e. The number of nitrogens with one attached hydrogen (secondary N) is 4. The predicted octanol–water partition coefficient (Wildman–Crippen LogP) is 3.04. The number of rotatable bonds is 8. The zero-order valence-electron chi connectivity index (χ0n) is 20.7. The number of imide groups is 1. The zero-order chi connectivity index (χ0) is 27.1. The van der Waals surface area contributed by atoms with Gasteiger partial charge in [-0.3, -0.25) is 24.5 Å². The van der Waals surface area contributed by atoms with Crippen molar-refractivity contribution >= 4 is 53.0 Å². The third kappa shape index (κ3) is 7.65. The van der Waals surface area contributed by atoms with E-state index in [2.05, 4.69) is 21.3 Å². The van der Waals surface area contributed by atoms with Gasteiger partial charge in [-0.05, 0) is 61.2 Å². The molecule has 0 spiro atoms. The number of halogens is 1. The van der Waals surface area contributed by atoms with E-state index in [0.29, 0.717) is 22.7 Å². The summed E-state index contributed by atoms with van der Waals surface area (Å²) in [4.78, 5) is 61.2. The summed E-state index contributed by atoms with van der Waals surface area (Å²) in [7, 11) is 1.44. The van der Waals surface area contributed by atoms with Crippen LogP contribution in [0.2, 0.25) is 5.02 Å². The van der Waals surface area contributed by atoms with E-state index in [0.717, 1.165) is 22.8 Å². The largest absolute Gasteiger partial charge is 0.353 e. The Morgan fingerprint density at radius 1 is 1.11 bits per heavy atom. The lowest BCUT2D eigenvalue weighted by molar-refractivity contribution is -0.142. The maximum atomic E-state index is 12.7. The van der Waals surface area contributed by atoms with Crippen LogP contribution in [0.25, 0.3) is 0 Å². The number of anilines is 2. The highest BCUT2D eigenvalue weighted by Crippen LogP contribution is 2.20. The number of benzene rings is 2. The Bertz CT molecular complexity index is 1280. The molecule has 194 valence electrons. The van der Waals surface area contributed by atoms with Crippen LogP contribution in [0, 0.1) is 13.8 Å². The van der Waals surface area contributed by atoms with Crippen LogP contribution in [-0.4, -0.2) is 48.0 Å². The summed E-state index contributed by atoms with van der Waals surface area (Å²) in [5.74, 6) is -1.49. The number of urea groups is 1. The Morgan fingerprint density at radius 2 is 1.86 bits per heavy atom. The maximum absolute atomic E-state index is 12.7. The SMILES string of the molecule is Cc1cc(CNC(=O)Nc2ccc(C)c(Cl)c2)cc(N/C(C=O)=C/C(=O)N(C)C2CCC(=O)NC2=O)c1. The molecule has 0 aliphatic carbocycles. The fourth-order valence-electron chi connectivity index (χ4n) is 3.77. The van der Waals surface area contributed by atoms with Crippen LogP contribution in [-0.2, 0) is 25.7 Å². The van der Waals surface area contributed by atoms with E-state index in [9.17, 15) is 24.0 Å². The topological polar surface area (TPSA) is 137 Å². The molecule has 1 unspecified atom stereocenters. The molecule has 0 saturated carbocycles. The van der Waals surface area contributed by atoms with Gasteiger partial charge in [0, 0.05) is 42.5 Å². The molecule has 1 fully saturated rings. The molecule has 0 aromatic heterocycles. The zero-order valence-corrected chi connectivity index (χ0v) is 21.4. The highest BCUT2D eigenvalue weighted by molar-refractivity contribution is 6.31. The Labute approximate surface area is 219 Å². The van der Waals surface area contributed by atoms with Gasteiger partial charge < -0.3 is 20.9 Å². The average Bonchev–Trinajstić information content (AvgIpc) is 2.84. The lowest BCUT2D eigenvalue weighted by atomic mass is 10.0. The number of aryl methyl sites for hydroxylation is 2. The van der Waals surface area contributed by atoms with Crippen molar-refractivity contribution in [2.75, 3.05) is 17.7 Å². The van der Waals surface area contributed by atoms with Gasteiger partial charge in [-0.2, -0.15) is 0 Å². The Balaban J connectivity index is 1.63. The van der Waals surface area contributed by atoms with Gasteiger partial charge in [0.15, 0.2) is 6.29 Å². The van der Waals surface area contributed by atoms with Crippen molar-refractivity contribution in [2.45, 2.75) is 39.3 Å². The van der Waals surface area contributed by atoms with Gasteiger partial charge >= 0.3 is 6.03 Å². The van der Waals surface area contributed by atoms with Crippen molar-refractivity contribution in [3.8, 4) is 0 Å². The molecule has 37 heavy (non-hydrogen) atoms. The summed E-state index contributed by atoms with van der Waals surface area (Å²) in [5.41, 5.74) is 3.62. The van der Waals surface area contributed by atoms with Gasteiger partial charge in [0.1, 0.15) is 6.04 Å². The van der Waals surface area contributed by atoms with Crippen molar-refractivity contribution in [3.63, 3.8) is 0 Å². The summed E-state index contributed by atoms with van der Waals surface area (Å²) >= 11 is 6.10. The Kier molecular flexibility index (Phi) is 9.02. The molecule has 5 amide bonds. The molecule has 0 radical (unpaired) electrons. The third-order valence-electron chi connectivity index (χ3n) is 5.74. The fraction of sp³-hybridized carbons (Fsp3) is 0.269. The number of aldehydes is 1. The van der Waals surface area contributed by atoms with Crippen LogP contribution < -0.4 is 21.3 Å². The molecule has 0 bridgehead atoms. The molecule has 10 nitrogen and oxygen atoms in total. The van der Waals surface area contributed by atoms with E-state index in [1.165, 1.54) is 11.9 Å². The van der Waals surface area contributed by atoms with Gasteiger partial charge in [-0.25, -0.2) is 4.79 Å². The van der Waals surface area contributed by atoms with Gasteiger partial charge in [-0.15, -0.1) is 0 Å². The van der Waals surface area contributed by atoms with Crippen molar-refractivity contribution in [2.24, 2.45) is 0 Å². The van der Waals surface area contributed by atoms with Crippen LogP contribution in [0.4, 0.5) is 16.2 Å². The molecular weight excluding hydrogens is 498 g/mol. The van der Waals surface area contributed by atoms with E-state index < -0.39 is 23.9 Å². The van der Waals surface area contributed by atoms with Gasteiger partial charge in [0.25, 0.3) is 0 Å². The van der Waals surface area contributed by atoms with Crippen molar-refractivity contribution < 1.29 is 24.0 Å². The second kappa shape index (κ2) is 12.2. The third-order valence-corrected chi connectivity index (χ3v) is 6.15.